The maximum absolute atomic E-state index is 12.9. The van der Waals surface area contributed by atoms with Gasteiger partial charge < -0.3 is 14.3 Å². The van der Waals surface area contributed by atoms with Gasteiger partial charge in [0.15, 0.2) is 5.82 Å². The molecule has 0 N–H and O–H groups in total. The lowest BCUT2D eigenvalue weighted by Crippen LogP contribution is -2.52. The van der Waals surface area contributed by atoms with Gasteiger partial charge in [0.1, 0.15) is 0 Å². The lowest BCUT2D eigenvalue weighted by atomic mass is 10.2. The second-order valence-electron chi connectivity index (χ2n) is 7.92. The summed E-state index contributed by atoms with van der Waals surface area (Å²) in [5.41, 5.74) is 0. The van der Waals surface area contributed by atoms with Gasteiger partial charge in [0.2, 0.25) is 11.8 Å². The Labute approximate surface area is 174 Å². The fraction of sp³-hybridized carbons (Fsp3) is 0.600. The third-order valence-corrected chi connectivity index (χ3v) is 6.46. The predicted octanol–water partition coefficient (Wildman–Crippen LogP) is 2.38. The first-order valence-electron chi connectivity index (χ1n) is 10.2. The molecule has 2 fully saturated rings. The number of hydrogen-bond acceptors (Lipinski definition) is 7. The van der Waals surface area contributed by atoms with Gasteiger partial charge in [-0.2, -0.15) is 4.98 Å². The molecule has 2 aromatic heterocycles. The minimum Gasteiger partial charge on any atom is -0.339 e. The van der Waals surface area contributed by atoms with Crippen molar-refractivity contribution in [3.63, 3.8) is 0 Å². The average Bonchev–Trinajstić information content (AvgIpc) is 3.48. The molecule has 1 atom stereocenters. The first kappa shape index (κ1) is 20.0. The highest BCUT2D eigenvalue weighted by Gasteiger charge is 2.33. The van der Waals surface area contributed by atoms with E-state index in [1.807, 2.05) is 41.2 Å². The van der Waals surface area contributed by atoms with Crippen LogP contribution in [0, 0.1) is 0 Å². The van der Waals surface area contributed by atoms with Crippen molar-refractivity contribution in [1.29, 1.82) is 0 Å². The number of hydrogen-bond donors (Lipinski definition) is 0. The molecular formula is C20H27N5O3S. The van der Waals surface area contributed by atoms with E-state index in [1.165, 1.54) is 11.3 Å². The SMILES string of the molecule is CC(C)c1nc(C2CCCN2CC(=O)N2CCN(C(=O)c3cccs3)CC2)no1. The zero-order valence-corrected chi connectivity index (χ0v) is 17.7. The summed E-state index contributed by atoms with van der Waals surface area (Å²) in [5.74, 6) is 1.69. The molecule has 0 bridgehead atoms. The van der Waals surface area contributed by atoms with Gasteiger partial charge in [0, 0.05) is 32.1 Å². The van der Waals surface area contributed by atoms with E-state index in [4.69, 9.17) is 4.52 Å². The number of amides is 2. The van der Waals surface area contributed by atoms with Crippen molar-refractivity contribution in [1.82, 2.24) is 24.8 Å². The van der Waals surface area contributed by atoms with Gasteiger partial charge in [-0.1, -0.05) is 25.1 Å². The highest BCUT2D eigenvalue weighted by Crippen LogP contribution is 2.30. The second kappa shape index (κ2) is 8.62. The molecule has 29 heavy (non-hydrogen) atoms. The van der Waals surface area contributed by atoms with E-state index < -0.39 is 0 Å². The number of nitrogens with zero attached hydrogens (tertiary/aromatic N) is 5. The predicted molar refractivity (Wildman–Crippen MR) is 109 cm³/mol. The number of rotatable bonds is 5. The summed E-state index contributed by atoms with van der Waals surface area (Å²) in [7, 11) is 0. The fourth-order valence-electron chi connectivity index (χ4n) is 3.91. The molecule has 2 saturated heterocycles. The van der Waals surface area contributed by atoms with E-state index in [-0.39, 0.29) is 23.8 Å². The lowest BCUT2D eigenvalue weighted by Gasteiger charge is -2.35. The van der Waals surface area contributed by atoms with Crippen molar-refractivity contribution in [2.75, 3.05) is 39.3 Å². The maximum Gasteiger partial charge on any atom is 0.264 e. The molecule has 4 rings (SSSR count). The Balaban J connectivity index is 1.31. The van der Waals surface area contributed by atoms with E-state index in [2.05, 4.69) is 15.0 Å². The van der Waals surface area contributed by atoms with Crippen LogP contribution < -0.4 is 0 Å². The summed E-state index contributed by atoms with van der Waals surface area (Å²) in [5, 5.41) is 6.06. The van der Waals surface area contributed by atoms with Crippen molar-refractivity contribution < 1.29 is 14.1 Å². The quantitative estimate of drug-likeness (QED) is 0.743. The third-order valence-electron chi connectivity index (χ3n) is 5.60. The van der Waals surface area contributed by atoms with Crippen molar-refractivity contribution >= 4 is 23.2 Å². The molecule has 156 valence electrons. The van der Waals surface area contributed by atoms with Crippen LogP contribution >= 0.6 is 11.3 Å². The minimum atomic E-state index is 0.0388. The number of likely N-dealkylation sites (tertiary alicyclic amines) is 1. The molecule has 8 nitrogen and oxygen atoms in total. The summed E-state index contributed by atoms with van der Waals surface area (Å²) in [6.45, 7) is 7.57. The molecule has 0 radical (unpaired) electrons. The summed E-state index contributed by atoms with van der Waals surface area (Å²) < 4.78 is 5.35. The summed E-state index contributed by atoms with van der Waals surface area (Å²) >= 11 is 1.46. The number of carbonyl (C=O) groups is 2. The van der Waals surface area contributed by atoms with Gasteiger partial charge in [-0.3, -0.25) is 14.5 Å². The van der Waals surface area contributed by atoms with Crippen LogP contribution in [0.25, 0.3) is 0 Å². The molecule has 2 aromatic rings. The Kier molecular flexibility index (Phi) is 5.96. The minimum absolute atomic E-state index is 0.0388. The smallest absolute Gasteiger partial charge is 0.264 e. The van der Waals surface area contributed by atoms with Gasteiger partial charge in [-0.05, 0) is 30.8 Å². The zero-order valence-electron chi connectivity index (χ0n) is 16.9. The molecule has 4 heterocycles. The number of thiophene rings is 1. The molecule has 2 aliphatic rings. The zero-order chi connectivity index (χ0) is 20.4. The number of piperazine rings is 1. The van der Waals surface area contributed by atoms with Gasteiger partial charge in [-0.15, -0.1) is 11.3 Å². The van der Waals surface area contributed by atoms with Crippen LogP contribution in [0.15, 0.2) is 22.0 Å². The molecule has 0 aromatic carbocycles. The normalized spacial score (nSPS) is 20.6. The molecule has 0 spiro atoms. The monoisotopic (exact) mass is 417 g/mol. The lowest BCUT2D eigenvalue weighted by molar-refractivity contribution is -0.134. The standard InChI is InChI=1S/C20H27N5O3S/c1-14(2)19-21-18(22-28-19)15-5-3-7-25(15)13-17(26)23-8-10-24(11-9-23)20(27)16-6-4-12-29-16/h4,6,12,14-15H,3,5,7-11,13H2,1-2H3. The van der Waals surface area contributed by atoms with Gasteiger partial charge in [0.05, 0.1) is 17.5 Å². The Morgan fingerprint density at radius 1 is 1.21 bits per heavy atom. The van der Waals surface area contributed by atoms with Crippen molar-refractivity contribution in [2.24, 2.45) is 0 Å². The van der Waals surface area contributed by atoms with Crippen molar-refractivity contribution in [3.8, 4) is 0 Å². The molecule has 9 heteroatoms. The first-order valence-corrected chi connectivity index (χ1v) is 11.1. The average molecular weight is 418 g/mol. The van der Waals surface area contributed by atoms with Gasteiger partial charge in [0.25, 0.3) is 5.91 Å². The fourth-order valence-corrected chi connectivity index (χ4v) is 4.60. The van der Waals surface area contributed by atoms with Crippen LogP contribution in [0.5, 0.6) is 0 Å². The Morgan fingerprint density at radius 2 is 1.97 bits per heavy atom. The Hall–Kier alpha value is -2.26. The summed E-state index contributed by atoms with van der Waals surface area (Å²) in [6, 6.07) is 3.77. The second-order valence-corrected chi connectivity index (χ2v) is 8.87. The van der Waals surface area contributed by atoms with Crippen LogP contribution in [0.3, 0.4) is 0 Å². The van der Waals surface area contributed by atoms with Gasteiger partial charge >= 0.3 is 0 Å². The van der Waals surface area contributed by atoms with E-state index in [0.29, 0.717) is 44.4 Å². The van der Waals surface area contributed by atoms with Crippen LogP contribution in [-0.2, 0) is 4.79 Å². The van der Waals surface area contributed by atoms with Crippen LogP contribution in [0.2, 0.25) is 0 Å². The van der Waals surface area contributed by atoms with Crippen LogP contribution in [0.1, 0.15) is 60.0 Å². The molecule has 2 amide bonds. The molecule has 2 aliphatic heterocycles. The van der Waals surface area contributed by atoms with Crippen molar-refractivity contribution in [2.45, 2.75) is 38.6 Å². The largest absolute Gasteiger partial charge is 0.339 e. The summed E-state index contributed by atoms with van der Waals surface area (Å²) in [4.78, 5) is 36.5. The summed E-state index contributed by atoms with van der Waals surface area (Å²) in [6.07, 6.45) is 1.96. The van der Waals surface area contributed by atoms with Crippen LogP contribution in [0.4, 0.5) is 0 Å². The molecule has 0 aliphatic carbocycles. The number of carbonyl (C=O) groups excluding carboxylic acids is 2. The number of aromatic nitrogens is 2. The highest BCUT2D eigenvalue weighted by molar-refractivity contribution is 7.12. The Morgan fingerprint density at radius 3 is 2.62 bits per heavy atom. The van der Waals surface area contributed by atoms with Crippen LogP contribution in [-0.4, -0.2) is 75.9 Å². The molecular weight excluding hydrogens is 390 g/mol. The van der Waals surface area contributed by atoms with E-state index in [9.17, 15) is 9.59 Å². The van der Waals surface area contributed by atoms with Gasteiger partial charge in [-0.25, -0.2) is 0 Å². The first-order chi connectivity index (χ1) is 14.0. The van der Waals surface area contributed by atoms with E-state index in [1.54, 1.807) is 0 Å². The Bertz CT molecular complexity index is 842. The highest BCUT2D eigenvalue weighted by atomic mass is 32.1. The molecule has 0 saturated carbocycles. The topological polar surface area (TPSA) is 82.8 Å². The van der Waals surface area contributed by atoms with Crippen molar-refractivity contribution in [3.05, 3.63) is 34.1 Å². The van der Waals surface area contributed by atoms with E-state index >= 15 is 0 Å². The molecule has 1 unspecified atom stereocenters. The van der Waals surface area contributed by atoms with E-state index in [0.717, 1.165) is 24.3 Å². The maximum atomic E-state index is 12.9. The third kappa shape index (κ3) is 4.35.